The Morgan fingerprint density at radius 3 is 3.10 bits per heavy atom. The first kappa shape index (κ1) is 14.8. The molecule has 0 saturated carbocycles. The van der Waals surface area contributed by atoms with E-state index in [-0.39, 0.29) is 0 Å². The molecule has 0 aliphatic carbocycles. The zero-order valence-corrected chi connectivity index (χ0v) is 13.2. The minimum absolute atomic E-state index is 0.643. The molecule has 1 unspecified atom stereocenters. The Balaban J connectivity index is 1.76. The highest BCUT2D eigenvalue weighted by atomic mass is 35.5. The van der Waals surface area contributed by atoms with Crippen molar-refractivity contribution in [3.8, 4) is 0 Å². The van der Waals surface area contributed by atoms with Crippen molar-refractivity contribution in [2.45, 2.75) is 19.4 Å². The molecule has 1 aliphatic heterocycles. The van der Waals surface area contributed by atoms with Gasteiger partial charge in [0.25, 0.3) is 0 Å². The van der Waals surface area contributed by atoms with E-state index in [1.165, 1.54) is 18.2 Å². The van der Waals surface area contributed by atoms with Gasteiger partial charge in [0.2, 0.25) is 0 Å². The number of nitrogens with one attached hydrogen (secondary N) is 1. The summed E-state index contributed by atoms with van der Waals surface area (Å²) in [6, 6.07) is 10.3. The maximum Gasteiger partial charge on any atom is 0.134 e. The number of nitrogens with zero attached hydrogens (tertiary/aromatic N) is 2. The van der Waals surface area contributed by atoms with Crippen molar-refractivity contribution in [3.63, 3.8) is 0 Å². The molecule has 1 atom stereocenters. The predicted octanol–water partition coefficient (Wildman–Crippen LogP) is 3.32. The van der Waals surface area contributed by atoms with E-state index in [4.69, 9.17) is 11.6 Å². The first-order valence-electron chi connectivity index (χ1n) is 7.67. The number of piperidine rings is 1. The standard InChI is InChI=1S/C17H22ClN3/c1-19-10-13-5-4-8-21(11-13)12-15-9-14-6-2-3-7-16(14)20-17(15)18/h2-3,6-7,9,13,19H,4-5,8,10-12H2,1H3. The zero-order chi connectivity index (χ0) is 14.7. The van der Waals surface area contributed by atoms with Crippen molar-refractivity contribution >= 4 is 22.5 Å². The molecule has 1 aromatic heterocycles. The van der Waals surface area contributed by atoms with Gasteiger partial charge in [-0.15, -0.1) is 0 Å². The molecule has 1 saturated heterocycles. The number of halogens is 1. The fourth-order valence-corrected chi connectivity index (χ4v) is 3.44. The van der Waals surface area contributed by atoms with Crippen molar-refractivity contribution in [3.05, 3.63) is 41.0 Å². The van der Waals surface area contributed by atoms with Crippen LogP contribution in [0, 0.1) is 5.92 Å². The highest BCUT2D eigenvalue weighted by molar-refractivity contribution is 6.30. The molecule has 3 nitrogen and oxygen atoms in total. The lowest BCUT2D eigenvalue weighted by Gasteiger charge is -2.32. The van der Waals surface area contributed by atoms with E-state index in [9.17, 15) is 0 Å². The number of para-hydroxylation sites is 1. The highest BCUT2D eigenvalue weighted by Crippen LogP contribution is 2.24. The van der Waals surface area contributed by atoms with Gasteiger partial charge in [0.05, 0.1) is 5.52 Å². The Labute approximate surface area is 131 Å². The monoisotopic (exact) mass is 303 g/mol. The number of benzene rings is 1. The van der Waals surface area contributed by atoms with Gasteiger partial charge in [-0.1, -0.05) is 29.8 Å². The quantitative estimate of drug-likeness (QED) is 0.878. The smallest absolute Gasteiger partial charge is 0.134 e. The van der Waals surface area contributed by atoms with Gasteiger partial charge in [-0.2, -0.15) is 0 Å². The fraction of sp³-hybridized carbons (Fsp3) is 0.471. The van der Waals surface area contributed by atoms with Crippen molar-refractivity contribution in [2.24, 2.45) is 5.92 Å². The number of fused-ring (bicyclic) bond motifs is 1. The zero-order valence-electron chi connectivity index (χ0n) is 12.5. The largest absolute Gasteiger partial charge is 0.319 e. The van der Waals surface area contributed by atoms with E-state index >= 15 is 0 Å². The molecule has 1 N–H and O–H groups in total. The maximum absolute atomic E-state index is 6.37. The van der Waals surface area contributed by atoms with Crippen LogP contribution in [0.3, 0.4) is 0 Å². The van der Waals surface area contributed by atoms with Crippen molar-refractivity contribution < 1.29 is 0 Å². The molecule has 2 aromatic rings. The first-order chi connectivity index (χ1) is 10.3. The number of pyridine rings is 1. The van der Waals surface area contributed by atoms with E-state index in [0.717, 1.165) is 43.2 Å². The number of aromatic nitrogens is 1. The molecule has 0 spiro atoms. The minimum atomic E-state index is 0.643. The maximum atomic E-state index is 6.37. The molecule has 112 valence electrons. The van der Waals surface area contributed by atoms with Gasteiger partial charge < -0.3 is 5.32 Å². The predicted molar refractivity (Wildman–Crippen MR) is 88.7 cm³/mol. The average molecular weight is 304 g/mol. The lowest BCUT2D eigenvalue weighted by atomic mass is 9.97. The molecule has 1 aromatic carbocycles. The van der Waals surface area contributed by atoms with Gasteiger partial charge in [-0.25, -0.2) is 4.98 Å². The molecule has 0 radical (unpaired) electrons. The second kappa shape index (κ2) is 6.73. The summed E-state index contributed by atoms with van der Waals surface area (Å²) in [6.45, 7) is 4.30. The summed E-state index contributed by atoms with van der Waals surface area (Å²) in [7, 11) is 2.03. The summed E-state index contributed by atoms with van der Waals surface area (Å²) in [5.41, 5.74) is 2.11. The third kappa shape index (κ3) is 3.54. The molecule has 0 amide bonds. The molecule has 4 heteroatoms. The number of rotatable bonds is 4. The fourth-order valence-electron chi connectivity index (χ4n) is 3.24. The third-order valence-electron chi connectivity index (χ3n) is 4.24. The molecule has 1 fully saturated rings. The normalized spacial score (nSPS) is 20.0. The molecule has 2 heterocycles. The van der Waals surface area contributed by atoms with Crippen LogP contribution < -0.4 is 5.32 Å². The summed E-state index contributed by atoms with van der Waals surface area (Å²) in [5.74, 6) is 0.746. The highest BCUT2D eigenvalue weighted by Gasteiger charge is 2.20. The molecule has 21 heavy (non-hydrogen) atoms. The summed E-state index contributed by atoms with van der Waals surface area (Å²) >= 11 is 6.37. The SMILES string of the molecule is CNCC1CCCN(Cc2cc3ccccc3nc2Cl)C1. The minimum Gasteiger partial charge on any atom is -0.319 e. The van der Waals surface area contributed by atoms with E-state index in [0.29, 0.717) is 5.15 Å². The molecular formula is C17H22ClN3. The van der Waals surface area contributed by atoms with Crippen LogP contribution in [-0.4, -0.2) is 36.6 Å². The number of hydrogen-bond donors (Lipinski definition) is 1. The van der Waals surface area contributed by atoms with Crippen molar-refractivity contribution in [1.29, 1.82) is 0 Å². The molecule has 0 bridgehead atoms. The summed E-state index contributed by atoms with van der Waals surface area (Å²) in [5, 5.41) is 5.10. The summed E-state index contributed by atoms with van der Waals surface area (Å²) in [6.07, 6.45) is 2.59. The molecular weight excluding hydrogens is 282 g/mol. The van der Waals surface area contributed by atoms with Crippen LogP contribution in [0.25, 0.3) is 10.9 Å². The molecule has 3 rings (SSSR count). The number of hydrogen-bond acceptors (Lipinski definition) is 3. The van der Waals surface area contributed by atoms with Crippen LogP contribution in [-0.2, 0) is 6.54 Å². The lowest BCUT2D eigenvalue weighted by Crippen LogP contribution is -2.38. The van der Waals surface area contributed by atoms with E-state index < -0.39 is 0 Å². The summed E-state index contributed by atoms with van der Waals surface area (Å²) in [4.78, 5) is 7.03. The van der Waals surface area contributed by atoms with Gasteiger partial charge in [-0.3, -0.25) is 4.90 Å². The topological polar surface area (TPSA) is 28.2 Å². The third-order valence-corrected chi connectivity index (χ3v) is 4.57. The van der Waals surface area contributed by atoms with E-state index in [1.807, 2.05) is 25.2 Å². The second-order valence-electron chi connectivity index (χ2n) is 5.93. The Morgan fingerprint density at radius 1 is 1.38 bits per heavy atom. The van der Waals surface area contributed by atoms with Crippen molar-refractivity contribution in [2.75, 3.05) is 26.7 Å². The van der Waals surface area contributed by atoms with Gasteiger partial charge in [0.1, 0.15) is 5.15 Å². The molecule has 1 aliphatic rings. The van der Waals surface area contributed by atoms with Crippen molar-refractivity contribution in [1.82, 2.24) is 15.2 Å². The van der Waals surface area contributed by atoms with E-state index in [2.05, 4.69) is 27.3 Å². The van der Waals surface area contributed by atoms with Crippen LogP contribution in [0.4, 0.5) is 0 Å². The van der Waals surface area contributed by atoms with Crippen LogP contribution in [0.2, 0.25) is 5.15 Å². The average Bonchev–Trinajstić information content (AvgIpc) is 2.49. The van der Waals surface area contributed by atoms with Crippen LogP contribution in [0.5, 0.6) is 0 Å². The first-order valence-corrected chi connectivity index (χ1v) is 8.05. The Hall–Kier alpha value is -1.16. The Morgan fingerprint density at radius 2 is 2.24 bits per heavy atom. The van der Waals surface area contributed by atoms with Gasteiger partial charge in [0, 0.05) is 24.0 Å². The Kier molecular flexibility index (Phi) is 4.73. The Bertz CT molecular complexity index is 612. The van der Waals surface area contributed by atoms with E-state index in [1.54, 1.807) is 0 Å². The van der Waals surface area contributed by atoms with Crippen LogP contribution in [0.1, 0.15) is 18.4 Å². The number of likely N-dealkylation sites (tertiary alicyclic amines) is 1. The van der Waals surface area contributed by atoms with Crippen LogP contribution >= 0.6 is 11.6 Å². The second-order valence-corrected chi connectivity index (χ2v) is 6.29. The van der Waals surface area contributed by atoms with Gasteiger partial charge in [0.15, 0.2) is 0 Å². The summed E-state index contributed by atoms with van der Waals surface area (Å²) < 4.78 is 0. The lowest BCUT2D eigenvalue weighted by molar-refractivity contribution is 0.167. The van der Waals surface area contributed by atoms with Crippen LogP contribution in [0.15, 0.2) is 30.3 Å². The van der Waals surface area contributed by atoms with Gasteiger partial charge >= 0.3 is 0 Å². The van der Waals surface area contributed by atoms with Gasteiger partial charge in [-0.05, 0) is 51.0 Å².